The lowest BCUT2D eigenvalue weighted by molar-refractivity contribution is 0.572. The monoisotopic (exact) mass is 251 g/mol. The van der Waals surface area contributed by atoms with Gasteiger partial charge in [-0.2, -0.15) is 12.6 Å². The second-order valence-electron chi connectivity index (χ2n) is 4.76. The number of anilines is 1. The van der Waals surface area contributed by atoms with Crippen LogP contribution in [0.2, 0.25) is 0 Å². The van der Waals surface area contributed by atoms with E-state index < -0.39 is 0 Å². The molecule has 1 atom stereocenters. The number of nitrogens with zero attached hydrogens (tertiary/aromatic N) is 3. The normalized spacial score (nSPS) is 18.1. The summed E-state index contributed by atoms with van der Waals surface area (Å²) < 4.78 is 0. The molecule has 4 heteroatoms. The zero-order chi connectivity index (χ0) is 12.1. The van der Waals surface area contributed by atoms with Gasteiger partial charge in [-0.15, -0.1) is 0 Å². The molecule has 0 spiro atoms. The molecule has 3 nitrogen and oxygen atoms in total. The summed E-state index contributed by atoms with van der Waals surface area (Å²) in [4.78, 5) is 11.2. The molecule has 1 aromatic heterocycles. The van der Waals surface area contributed by atoms with E-state index in [9.17, 15) is 0 Å². The van der Waals surface area contributed by atoms with Gasteiger partial charge in [0.1, 0.15) is 12.1 Å². The van der Waals surface area contributed by atoms with Gasteiger partial charge in [-0.05, 0) is 37.4 Å². The molecule has 0 N–H and O–H groups in total. The van der Waals surface area contributed by atoms with Gasteiger partial charge in [0, 0.05) is 24.8 Å². The summed E-state index contributed by atoms with van der Waals surface area (Å²) in [5.74, 6) is 2.48. The van der Waals surface area contributed by atoms with Crippen LogP contribution in [-0.2, 0) is 0 Å². The predicted octanol–water partition coefficient (Wildman–Crippen LogP) is 2.89. The summed E-state index contributed by atoms with van der Waals surface area (Å²) in [6, 6.07) is 2.15. The minimum Gasteiger partial charge on any atom is -0.357 e. The molecule has 1 aliphatic heterocycles. The van der Waals surface area contributed by atoms with E-state index in [2.05, 4.69) is 40.5 Å². The molecule has 1 saturated heterocycles. The van der Waals surface area contributed by atoms with Crippen molar-refractivity contribution in [2.45, 2.75) is 38.5 Å². The van der Waals surface area contributed by atoms with E-state index in [-0.39, 0.29) is 0 Å². The van der Waals surface area contributed by atoms with Crippen molar-refractivity contribution < 1.29 is 0 Å². The Kier molecular flexibility index (Phi) is 4.66. The summed E-state index contributed by atoms with van der Waals surface area (Å²) in [5.41, 5.74) is 1.15. The SMILES string of the molecule is CC(CCS)c1cc(N2CCCCC2)ncn1. The van der Waals surface area contributed by atoms with Crippen LogP contribution in [0, 0.1) is 0 Å². The average molecular weight is 251 g/mol. The molecule has 17 heavy (non-hydrogen) atoms. The van der Waals surface area contributed by atoms with Crippen molar-refractivity contribution in [3.05, 3.63) is 18.1 Å². The van der Waals surface area contributed by atoms with Crippen molar-refractivity contribution in [2.75, 3.05) is 23.7 Å². The maximum absolute atomic E-state index is 4.40. The lowest BCUT2D eigenvalue weighted by atomic mass is 10.0. The van der Waals surface area contributed by atoms with E-state index in [0.717, 1.165) is 36.8 Å². The van der Waals surface area contributed by atoms with E-state index >= 15 is 0 Å². The van der Waals surface area contributed by atoms with Crippen LogP contribution in [0.3, 0.4) is 0 Å². The van der Waals surface area contributed by atoms with Gasteiger partial charge in [-0.25, -0.2) is 9.97 Å². The summed E-state index contributed by atoms with van der Waals surface area (Å²) in [7, 11) is 0. The van der Waals surface area contributed by atoms with E-state index in [1.165, 1.54) is 19.3 Å². The van der Waals surface area contributed by atoms with E-state index in [4.69, 9.17) is 0 Å². The highest BCUT2D eigenvalue weighted by Crippen LogP contribution is 2.22. The highest BCUT2D eigenvalue weighted by molar-refractivity contribution is 7.80. The molecule has 94 valence electrons. The minimum atomic E-state index is 0.471. The smallest absolute Gasteiger partial charge is 0.132 e. The highest BCUT2D eigenvalue weighted by Gasteiger charge is 2.14. The second-order valence-corrected chi connectivity index (χ2v) is 5.21. The summed E-state index contributed by atoms with van der Waals surface area (Å²) >= 11 is 4.28. The molecule has 1 aromatic rings. The number of rotatable bonds is 4. The lowest BCUT2D eigenvalue weighted by Gasteiger charge is -2.28. The topological polar surface area (TPSA) is 29.0 Å². The van der Waals surface area contributed by atoms with Crippen molar-refractivity contribution in [1.82, 2.24) is 9.97 Å². The first-order valence-electron chi connectivity index (χ1n) is 6.49. The molecule has 0 radical (unpaired) electrons. The summed E-state index contributed by atoms with van der Waals surface area (Å²) in [6.45, 7) is 4.48. The Bertz CT molecular complexity index is 350. The molecule has 1 aliphatic rings. The van der Waals surface area contributed by atoms with Gasteiger partial charge in [0.25, 0.3) is 0 Å². The average Bonchev–Trinajstić information content (AvgIpc) is 2.40. The maximum Gasteiger partial charge on any atom is 0.132 e. The van der Waals surface area contributed by atoms with Gasteiger partial charge >= 0.3 is 0 Å². The van der Waals surface area contributed by atoms with Gasteiger partial charge in [-0.1, -0.05) is 6.92 Å². The largest absolute Gasteiger partial charge is 0.357 e. The molecule has 0 amide bonds. The van der Waals surface area contributed by atoms with E-state index in [1.54, 1.807) is 6.33 Å². The summed E-state index contributed by atoms with van der Waals surface area (Å²) in [6.07, 6.45) is 6.69. The number of hydrogen-bond acceptors (Lipinski definition) is 4. The maximum atomic E-state index is 4.40. The molecular formula is C13H21N3S. The van der Waals surface area contributed by atoms with Crippen molar-refractivity contribution >= 4 is 18.4 Å². The van der Waals surface area contributed by atoms with Crippen molar-refractivity contribution in [3.63, 3.8) is 0 Å². The van der Waals surface area contributed by atoms with Crippen LogP contribution in [0.1, 0.15) is 44.2 Å². The van der Waals surface area contributed by atoms with Gasteiger partial charge < -0.3 is 4.90 Å². The zero-order valence-corrected chi connectivity index (χ0v) is 11.4. The van der Waals surface area contributed by atoms with Crippen LogP contribution >= 0.6 is 12.6 Å². The van der Waals surface area contributed by atoms with Crippen molar-refractivity contribution in [2.24, 2.45) is 0 Å². The van der Waals surface area contributed by atoms with E-state index in [1.807, 2.05) is 0 Å². The standard InChI is InChI=1S/C13H21N3S/c1-11(5-8-17)12-9-13(15-10-14-12)16-6-3-2-4-7-16/h9-11,17H,2-8H2,1H3. The Morgan fingerprint density at radius 3 is 2.76 bits per heavy atom. The first-order valence-corrected chi connectivity index (χ1v) is 7.12. The molecule has 1 fully saturated rings. The molecule has 0 saturated carbocycles. The zero-order valence-electron chi connectivity index (χ0n) is 10.5. The first kappa shape index (κ1) is 12.7. The van der Waals surface area contributed by atoms with Crippen LogP contribution < -0.4 is 4.90 Å². The van der Waals surface area contributed by atoms with Crippen molar-refractivity contribution in [3.8, 4) is 0 Å². The van der Waals surface area contributed by atoms with Crippen molar-refractivity contribution in [1.29, 1.82) is 0 Å². The Morgan fingerprint density at radius 1 is 1.29 bits per heavy atom. The third-order valence-electron chi connectivity index (χ3n) is 3.42. The number of hydrogen-bond donors (Lipinski definition) is 1. The number of thiol groups is 1. The second kappa shape index (κ2) is 6.24. The van der Waals surface area contributed by atoms with Gasteiger partial charge in [0.2, 0.25) is 0 Å². The van der Waals surface area contributed by atoms with Crippen LogP contribution in [0.15, 0.2) is 12.4 Å². The highest BCUT2D eigenvalue weighted by atomic mass is 32.1. The molecule has 0 aromatic carbocycles. The molecule has 1 unspecified atom stereocenters. The third-order valence-corrected chi connectivity index (χ3v) is 3.68. The Labute approximate surface area is 109 Å². The lowest BCUT2D eigenvalue weighted by Crippen LogP contribution is -2.30. The Balaban J connectivity index is 2.09. The number of aromatic nitrogens is 2. The van der Waals surface area contributed by atoms with Gasteiger partial charge in [0.15, 0.2) is 0 Å². The quantitative estimate of drug-likeness (QED) is 0.834. The molecular weight excluding hydrogens is 230 g/mol. The fourth-order valence-corrected chi connectivity index (χ4v) is 2.66. The van der Waals surface area contributed by atoms with Crippen LogP contribution in [0.25, 0.3) is 0 Å². The molecule has 2 rings (SSSR count). The predicted molar refractivity (Wildman–Crippen MR) is 75.0 cm³/mol. The molecule has 0 bridgehead atoms. The minimum absolute atomic E-state index is 0.471. The first-order chi connectivity index (χ1) is 8.31. The molecule has 0 aliphatic carbocycles. The van der Waals surface area contributed by atoms with Gasteiger partial charge in [-0.3, -0.25) is 0 Å². The van der Waals surface area contributed by atoms with Gasteiger partial charge in [0.05, 0.1) is 0 Å². The van der Waals surface area contributed by atoms with Crippen LogP contribution in [0.5, 0.6) is 0 Å². The molecule has 2 heterocycles. The Morgan fingerprint density at radius 2 is 2.06 bits per heavy atom. The van der Waals surface area contributed by atoms with Crippen LogP contribution in [-0.4, -0.2) is 28.8 Å². The number of piperidine rings is 1. The Hall–Kier alpha value is -0.770. The third kappa shape index (κ3) is 3.35. The fourth-order valence-electron chi connectivity index (χ4n) is 2.27. The van der Waals surface area contributed by atoms with Crippen LogP contribution in [0.4, 0.5) is 5.82 Å². The van der Waals surface area contributed by atoms with E-state index in [0.29, 0.717) is 5.92 Å². The summed E-state index contributed by atoms with van der Waals surface area (Å²) in [5, 5.41) is 0. The fraction of sp³-hybridized carbons (Fsp3) is 0.692.